The Morgan fingerprint density at radius 3 is 3.06 bits per heavy atom. The SMILES string of the molecule is NC[C@H](O)c1nc(CSc2cccc(F)c2)no1. The second-order valence-corrected chi connectivity index (χ2v) is 4.60. The van der Waals surface area contributed by atoms with E-state index in [1.807, 2.05) is 0 Å². The number of hydrogen-bond donors (Lipinski definition) is 2. The fourth-order valence-corrected chi connectivity index (χ4v) is 2.05. The Kier molecular flexibility index (Phi) is 4.29. The van der Waals surface area contributed by atoms with Gasteiger partial charge in [-0.3, -0.25) is 0 Å². The molecule has 96 valence electrons. The molecule has 1 aromatic carbocycles. The van der Waals surface area contributed by atoms with Gasteiger partial charge in [0.05, 0.1) is 5.75 Å². The first kappa shape index (κ1) is 13.0. The molecule has 1 heterocycles. The number of nitrogens with two attached hydrogens (primary N) is 1. The zero-order valence-electron chi connectivity index (χ0n) is 9.41. The minimum absolute atomic E-state index is 0.0265. The zero-order valence-corrected chi connectivity index (χ0v) is 10.2. The van der Waals surface area contributed by atoms with Crippen LogP contribution in [0.1, 0.15) is 17.8 Å². The van der Waals surface area contributed by atoms with Crippen LogP contribution in [-0.2, 0) is 5.75 Å². The van der Waals surface area contributed by atoms with Crippen molar-refractivity contribution in [3.05, 3.63) is 41.8 Å². The number of halogens is 1. The first-order valence-electron chi connectivity index (χ1n) is 5.28. The fourth-order valence-electron chi connectivity index (χ4n) is 1.27. The summed E-state index contributed by atoms with van der Waals surface area (Å²) in [5, 5.41) is 13.1. The van der Waals surface area contributed by atoms with Gasteiger partial charge in [-0.1, -0.05) is 11.2 Å². The Balaban J connectivity index is 1.96. The Morgan fingerprint density at radius 1 is 1.50 bits per heavy atom. The molecule has 0 spiro atoms. The van der Waals surface area contributed by atoms with Gasteiger partial charge in [0.25, 0.3) is 5.89 Å². The monoisotopic (exact) mass is 269 g/mol. The van der Waals surface area contributed by atoms with Gasteiger partial charge in [0.1, 0.15) is 11.9 Å². The molecule has 0 aliphatic rings. The van der Waals surface area contributed by atoms with E-state index >= 15 is 0 Å². The Bertz CT molecular complexity index is 520. The number of benzene rings is 1. The molecule has 2 rings (SSSR count). The molecule has 7 heteroatoms. The van der Waals surface area contributed by atoms with Crippen molar-refractivity contribution in [1.29, 1.82) is 0 Å². The van der Waals surface area contributed by atoms with Crippen LogP contribution in [0.5, 0.6) is 0 Å². The van der Waals surface area contributed by atoms with Crippen LogP contribution >= 0.6 is 11.8 Å². The zero-order chi connectivity index (χ0) is 13.0. The third kappa shape index (κ3) is 3.28. The van der Waals surface area contributed by atoms with Crippen molar-refractivity contribution >= 4 is 11.8 Å². The summed E-state index contributed by atoms with van der Waals surface area (Å²) in [5.41, 5.74) is 5.27. The first-order valence-corrected chi connectivity index (χ1v) is 6.26. The van der Waals surface area contributed by atoms with Crippen LogP contribution in [0.15, 0.2) is 33.7 Å². The van der Waals surface area contributed by atoms with Crippen molar-refractivity contribution in [2.24, 2.45) is 5.73 Å². The first-order chi connectivity index (χ1) is 8.69. The normalized spacial score (nSPS) is 12.6. The van der Waals surface area contributed by atoms with Crippen LogP contribution < -0.4 is 5.73 Å². The van der Waals surface area contributed by atoms with Gasteiger partial charge >= 0.3 is 0 Å². The lowest BCUT2D eigenvalue weighted by Gasteiger charge is -1.99. The van der Waals surface area contributed by atoms with E-state index < -0.39 is 6.10 Å². The molecule has 0 fully saturated rings. The highest BCUT2D eigenvalue weighted by Crippen LogP contribution is 2.22. The predicted molar refractivity (Wildman–Crippen MR) is 64.3 cm³/mol. The van der Waals surface area contributed by atoms with Gasteiger partial charge in [0.15, 0.2) is 5.82 Å². The molecule has 3 N–H and O–H groups in total. The molecule has 5 nitrogen and oxygen atoms in total. The van der Waals surface area contributed by atoms with Crippen molar-refractivity contribution in [3.8, 4) is 0 Å². The molecule has 0 bridgehead atoms. The third-order valence-corrected chi connectivity index (χ3v) is 3.15. The predicted octanol–water partition coefficient (Wildman–Crippen LogP) is 1.49. The average molecular weight is 269 g/mol. The van der Waals surface area contributed by atoms with Crippen LogP contribution in [0.3, 0.4) is 0 Å². The molecule has 1 atom stereocenters. The number of rotatable bonds is 5. The number of aromatic nitrogens is 2. The molecule has 0 aliphatic carbocycles. The summed E-state index contributed by atoms with van der Waals surface area (Å²) in [7, 11) is 0. The number of hydrogen-bond acceptors (Lipinski definition) is 6. The summed E-state index contributed by atoms with van der Waals surface area (Å²) in [6, 6.07) is 6.25. The summed E-state index contributed by atoms with van der Waals surface area (Å²) in [6.45, 7) is 0.0265. The summed E-state index contributed by atoms with van der Waals surface area (Å²) < 4.78 is 17.8. The highest BCUT2D eigenvalue weighted by atomic mass is 32.2. The highest BCUT2D eigenvalue weighted by molar-refractivity contribution is 7.98. The molecule has 0 amide bonds. The van der Waals surface area contributed by atoms with Gasteiger partial charge in [0.2, 0.25) is 0 Å². The highest BCUT2D eigenvalue weighted by Gasteiger charge is 2.14. The van der Waals surface area contributed by atoms with Gasteiger partial charge in [0, 0.05) is 11.4 Å². The summed E-state index contributed by atoms with van der Waals surface area (Å²) in [4.78, 5) is 4.77. The van der Waals surface area contributed by atoms with E-state index in [0.717, 1.165) is 4.90 Å². The lowest BCUT2D eigenvalue weighted by molar-refractivity contribution is 0.141. The maximum Gasteiger partial charge on any atom is 0.256 e. The molecule has 0 aliphatic heterocycles. The molecule has 0 radical (unpaired) electrons. The van der Waals surface area contributed by atoms with E-state index in [2.05, 4.69) is 10.1 Å². The van der Waals surface area contributed by atoms with E-state index in [1.165, 1.54) is 23.9 Å². The summed E-state index contributed by atoms with van der Waals surface area (Å²) >= 11 is 1.38. The largest absolute Gasteiger partial charge is 0.382 e. The van der Waals surface area contributed by atoms with Crippen LogP contribution in [0.25, 0.3) is 0 Å². The number of aliphatic hydroxyl groups is 1. The molecule has 0 saturated carbocycles. The quantitative estimate of drug-likeness (QED) is 0.800. The molecule has 0 unspecified atom stereocenters. The van der Waals surface area contributed by atoms with E-state index in [1.54, 1.807) is 12.1 Å². The molecular weight excluding hydrogens is 257 g/mol. The molecule has 0 saturated heterocycles. The number of thioether (sulfide) groups is 1. The minimum Gasteiger partial charge on any atom is -0.382 e. The topological polar surface area (TPSA) is 85.2 Å². The lowest BCUT2D eigenvalue weighted by Crippen LogP contribution is -2.11. The Labute approximate surface area is 107 Å². The van der Waals surface area contributed by atoms with E-state index in [4.69, 9.17) is 10.3 Å². The standard InChI is InChI=1S/C11H12FN3O2S/c12-7-2-1-3-8(4-7)18-6-10-14-11(17-15-10)9(16)5-13/h1-4,9,16H,5-6,13H2/t9-/m0/s1. The second kappa shape index (κ2) is 5.94. The van der Waals surface area contributed by atoms with Crippen LogP contribution in [0, 0.1) is 5.82 Å². The molecule has 18 heavy (non-hydrogen) atoms. The van der Waals surface area contributed by atoms with Gasteiger partial charge in [-0.25, -0.2) is 4.39 Å². The van der Waals surface area contributed by atoms with E-state index in [0.29, 0.717) is 11.6 Å². The van der Waals surface area contributed by atoms with E-state index in [-0.39, 0.29) is 18.3 Å². The Morgan fingerprint density at radius 2 is 2.33 bits per heavy atom. The van der Waals surface area contributed by atoms with Crippen LogP contribution in [0.4, 0.5) is 4.39 Å². The van der Waals surface area contributed by atoms with Gasteiger partial charge < -0.3 is 15.4 Å². The van der Waals surface area contributed by atoms with Crippen molar-refractivity contribution < 1.29 is 14.0 Å². The van der Waals surface area contributed by atoms with Crippen molar-refractivity contribution in [2.45, 2.75) is 16.8 Å². The Hall–Kier alpha value is -1.44. The molecule has 1 aromatic heterocycles. The van der Waals surface area contributed by atoms with Crippen molar-refractivity contribution in [3.63, 3.8) is 0 Å². The van der Waals surface area contributed by atoms with Gasteiger partial charge in [-0.15, -0.1) is 11.8 Å². The fraction of sp³-hybridized carbons (Fsp3) is 0.273. The molecule has 2 aromatic rings. The smallest absolute Gasteiger partial charge is 0.256 e. The van der Waals surface area contributed by atoms with E-state index in [9.17, 15) is 9.50 Å². The van der Waals surface area contributed by atoms with Crippen LogP contribution in [-0.4, -0.2) is 21.8 Å². The summed E-state index contributed by atoms with van der Waals surface area (Å²) in [6.07, 6.45) is -0.939. The second-order valence-electron chi connectivity index (χ2n) is 3.55. The number of aliphatic hydroxyl groups excluding tert-OH is 1. The third-order valence-electron chi connectivity index (χ3n) is 2.16. The average Bonchev–Trinajstić information content (AvgIpc) is 2.84. The minimum atomic E-state index is -0.939. The van der Waals surface area contributed by atoms with Crippen molar-refractivity contribution in [1.82, 2.24) is 10.1 Å². The maximum absolute atomic E-state index is 12.9. The number of nitrogens with zero attached hydrogens (tertiary/aromatic N) is 2. The lowest BCUT2D eigenvalue weighted by atomic mass is 10.4. The molecular formula is C11H12FN3O2S. The van der Waals surface area contributed by atoms with Gasteiger partial charge in [-0.05, 0) is 18.2 Å². The maximum atomic E-state index is 12.9. The van der Waals surface area contributed by atoms with Crippen molar-refractivity contribution in [2.75, 3.05) is 6.54 Å². The van der Waals surface area contributed by atoms with Gasteiger partial charge in [-0.2, -0.15) is 4.98 Å². The van der Waals surface area contributed by atoms with Crippen LogP contribution in [0.2, 0.25) is 0 Å². The summed E-state index contributed by atoms with van der Waals surface area (Å²) in [5.74, 6) is 0.691.